The molecule has 2 atom stereocenters. The number of aromatic amines is 1. The van der Waals surface area contributed by atoms with Crippen molar-refractivity contribution >= 4 is 22.7 Å². The lowest BCUT2D eigenvalue weighted by molar-refractivity contribution is -0.148. The fourth-order valence-electron chi connectivity index (χ4n) is 6.26. The van der Waals surface area contributed by atoms with E-state index in [9.17, 15) is 23.9 Å². The van der Waals surface area contributed by atoms with Crippen LogP contribution in [-0.2, 0) is 4.79 Å². The number of aliphatic carboxylic acids is 1. The van der Waals surface area contributed by atoms with Crippen LogP contribution in [0.2, 0.25) is 0 Å². The number of rotatable bonds is 5. The van der Waals surface area contributed by atoms with Crippen LogP contribution in [0, 0.1) is 46.5 Å². The Morgan fingerprint density at radius 3 is 2.49 bits per heavy atom. The largest absolute Gasteiger partial charge is 0.481 e. The summed E-state index contributed by atoms with van der Waals surface area (Å²) in [6.07, 6.45) is 6.30. The third kappa shape index (κ3) is 3.46. The fourth-order valence-corrected chi connectivity index (χ4v) is 6.26. The van der Waals surface area contributed by atoms with Gasteiger partial charge in [-0.1, -0.05) is 0 Å². The lowest BCUT2D eigenvalue weighted by Crippen LogP contribution is -2.51. The first-order valence-corrected chi connectivity index (χ1v) is 12.0. The van der Waals surface area contributed by atoms with E-state index in [1.165, 1.54) is 6.20 Å². The highest BCUT2D eigenvalue weighted by Crippen LogP contribution is 2.49. The summed E-state index contributed by atoms with van der Waals surface area (Å²) in [5.74, 6) is -3.90. The number of benzene rings is 1. The van der Waals surface area contributed by atoms with Crippen LogP contribution < -0.4 is 5.32 Å². The molecule has 2 heterocycles. The molecule has 1 aromatic carbocycles. The number of pyridine rings is 1. The maximum absolute atomic E-state index is 15.8. The molecule has 35 heavy (non-hydrogen) atoms. The summed E-state index contributed by atoms with van der Waals surface area (Å²) in [6.45, 7) is 0. The number of anilines is 1. The summed E-state index contributed by atoms with van der Waals surface area (Å²) >= 11 is 0. The van der Waals surface area contributed by atoms with Crippen LogP contribution in [0.15, 0.2) is 18.3 Å². The van der Waals surface area contributed by atoms with E-state index in [0.717, 1.165) is 50.7 Å². The van der Waals surface area contributed by atoms with Gasteiger partial charge in [0.25, 0.3) is 0 Å². The van der Waals surface area contributed by atoms with Crippen molar-refractivity contribution in [1.82, 2.24) is 9.97 Å². The first-order valence-electron chi connectivity index (χ1n) is 12.0. The summed E-state index contributed by atoms with van der Waals surface area (Å²) in [4.78, 5) is 19.4. The molecule has 7 rings (SSSR count). The predicted octanol–water partition coefficient (Wildman–Crippen LogP) is 5.70. The number of carbonyl (C=O) groups is 1. The maximum Gasteiger partial charge on any atom is 0.308 e. The second kappa shape index (κ2) is 8.01. The molecule has 0 radical (unpaired) electrons. The second-order valence-corrected chi connectivity index (χ2v) is 10.0. The minimum atomic E-state index is -0.906. The number of nitrogens with zero attached hydrogens (tertiary/aromatic N) is 2. The second-order valence-electron chi connectivity index (χ2n) is 10.0. The van der Waals surface area contributed by atoms with Gasteiger partial charge in [-0.05, 0) is 62.3 Å². The van der Waals surface area contributed by atoms with E-state index < -0.39 is 35.4 Å². The molecule has 3 N–H and O–H groups in total. The minimum absolute atomic E-state index is 0.0263. The third-order valence-corrected chi connectivity index (χ3v) is 8.04. The van der Waals surface area contributed by atoms with Gasteiger partial charge in [-0.3, -0.25) is 4.79 Å². The lowest BCUT2D eigenvalue weighted by atomic mass is 9.61. The number of halogens is 3. The van der Waals surface area contributed by atoms with E-state index >= 15 is 4.39 Å². The van der Waals surface area contributed by atoms with Crippen molar-refractivity contribution in [1.29, 1.82) is 5.26 Å². The Morgan fingerprint density at radius 1 is 1.11 bits per heavy atom. The molecule has 2 unspecified atom stereocenters. The Hall–Kier alpha value is -3.54. The molecule has 6 nitrogen and oxygen atoms in total. The number of nitriles is 1. The molecule has 4 aliphatic carbocycles. The zero-order valence-corrected chi connectivity index (χ0v) is 18.7. The number of carboxylic acids is 1. The average molecular weight is 480 g/mol. The smallest absolute Gasteiger partial charge is 0.308 e. The highest BCUT2D eigenvalue weighted by Gasteiger charge is 2.48. The SMILES string of the molecule is N#Cc1c(-c2c[nH]c3c(F)cc(F)cc23)nc(NC2C3CCC(CC3)C2C(=O)O)c(F)c1C1CC1. The quantitative estimate of drug-likeness (QED) is 0.435. The van der Waals surface area contributed by atoms with Gasteiger partial charge in [-0.2, -0.15) is 5.26 Å². The molecule has 0 saturated heterocycles. The molecule has 4 aliphatic rings. The van der Waals surface area contributed by atoms with Crippen LogP contribution in [0.25, 0.3) is 22.2 Å². The van der Waals surface area contributed by atoms with Gasteiger partial charge >= 0.3 is 5.97 Å². The van der Waals surface area contributed by atoms with Gasteiger partial charge in [0.2, 0.25) is 0 Å². The molecule has 3 aromatic rings. The topological polar surface area (TPSA) is 102 Å². The Balaban J connectivity index is 1.52. The average Bonchev–Trinajstić information content (AvgIpc) is 3.59. The first kappa shape index (κ1) is 22.0. The molecular formula is C26H23F3N4O2. The zero-order chi connectivity index (χ0) is 24.4. The number of fused-ring (bicyclic) bond motifs is 4. The van der Waals surface area contributed by atoms with Crippen LogP contribution in [0.1, 0.15) is 55.6 Å². The number of H-pyrrole nitrogens is 1. The van der Waals surface area contributed by atoms with Crippen LogP contribution >= 0.6 is 0 Å². The molecule has 0 amide bonds. The third-order valence-electron chi connectivity index (χ3n) is 8.04. The standard InChI is InChI=1S/C26H23F3N4O2/c27-14-7-15-17(10-31-24(15)18(28)8-14)23-16(9-30)19(11-1-2-11)21(29)25(33-23)32-22-13-5-3-12(4-6-13)20(22)26(34)35/h7-8,10-13,20,22,31H,1-6H2,(H,32,33)(H,34,35). The van der Waals surface area contributed by atoms with E-state index in [2.05, 4.69) is 21.4 Å². The van der Waals surface area contributed by atoms with E-state index in [1.807, 2.05) is 0 Å². The minimum Gasteiger partial charge on any atom is -0.481 e. The van der Waals surface area contributed by atoms with Gasteiger partial charge in [-0.15, -0.1) is 0 Å². The summed E-state index contributed by atoms with van der Waals surface area (Å²) in [6, 6.07) is 3.50. The van der Waals surface area contributed by atoms with Crippen molar-refractivity contribution in [2.75, 3.05) is 5.32 Å². The fraction of sp³-hybridized carbons (Fsp3) is 0.423. The molecular weight excluding hydrogens is 457 g/mol. The Bertz CT molecular complexity index is 1400. The number of aromatic nitrogens is 2. The van der Waals surface area contributed by atoms with Crippen LogP contribution in [0.4, 0.5) is 19.0 Å². The Kier molecular flexibility index (Phi) is 5.02. The van der Waals surface area contributed by atoms with Crippen LogP contribution in [-0.4, -0.2) is 27.1 Å². The molecule has 180 valence electrons. The van der Waals surface area contributed by atoms with Crippen molar-refractivity contribution in [2.24, 2.45) is 17.8 Å². The number of hydrogen-bond donors (Lipinski definition) is 3. The van der Waals surface area contributed by atoms with E-state index in [-0.39, 0.29) is 51.3 Å². The molecule has 4 saturated carbocycles. The zero-order valence-electron chi connectivity index (χ0n) is 18.7. The van der Waals surface area contributed by atoms with E-state index in [4.69, 9.17) is 0 Å². The summed E-state index contributed by atoms with van der Waals surface area (Å²) in [5, 5.41) is 23.2. The first-order chi connectivity index (χ1) is 16.9. The van der Waals surface area contributed by atoms with Crippen molar-refractivity contribution in [3.05, 3.63) is 46.9 Å². The summed E-state index contributed by atoms with van der Waals surface area (Å²) < 4.78 is 44.3. The molecule has 2 aromatic heterocycles. The van der Waals surface area contributed by atoms with E-state index in [0.29, 0.717) is 5.56 Å². The van der Waals surface area contributed by atoms with Gasteiger partial charge in [0.15, 0.2) is 11.6 Å². The van der Waals surface area contributed by atoms with Crippen molar-refractivity contribution in [3.8, 4) is 17.3 Å². The molecule has 0 aliphatic heterocycles. The monoisotopic (exact) mass is 480 g/mol. The van der Waals surface area contributed by atoms with Gasteiger partial charge in [-0.25, -0.2) is 18.2 Å². The van der Waals surface area contributed by atoms with Gasteiger partial charge in [0.05, 0.1) is 22.7 Å². The Morgan fingerprint density at radius 2 is 1.83 bits per heavy atom. The lowest BCUT2D eigenvalue weighted by Gasteiger charge is -2.47. The molecule has 4 fully saturated rings. The summed E-state index contributed by atoms with van der Waals surface area (Å²) in [7, 11) is 0. The van der Waals surface area contributed by atoms with Crippen molar-refractivity contribution < 1.29 is 23.1 Å². The number of carboxylic acid groups (broad SMARTS) is 1. The van der Waals surface area contributed by atoms with Crippen LogP contribution in [0.3, 0.4) is 0 Å². The Labute approximate surface area is 199 Å². The van der Waals surface area contributed by atoms with Crippen LogP contribution in [0.5, 0.6) is 0 Å². The number of nitrogens with one attached hydrogen (secondary N) is 2. The normalized spacial score (nSPS) is 25.5. The van der Waals surface area contributed by atoms with Gasteiger partial charge < -0.3 is 15.4 Å². The van der Waals surface area contributed by atoms with Crippen molar-refractivity contribution in [3.63, 3.8) is 0 Å². The molecule has 0 spiro atoms. The van der Waals surface area contributed by atoms with Gasteiger partial charge in [0.1, 0.15) is 17.7 Å². The predicted molar refractivity (Wildman–Crippen MR) is 122 cm³/mol. The highest BCUT2D eigenvalue weighted by molar-refractivity contribution is 5.96. The molecule has 9 heteroatoms. The van der Waals surface area contributed by atoms with Gasteiger partial charge in [0, 0.05) is 34.8 Å². The molecule has 2 bridgehead atoms. The van der Waals surface area contributed by atoms with E-state index in [1.54, 1.807) is 0 Å². The maximum atomic E-state index is 15.8. The number of hydrogen-bond acceptors (Lipinski definition) is 4. The van der Waals surface area contributed by atoms with Crippen molar-refractivity contribution in [2.45, 2.75) is 50.5 Å². The highest BCUT2D eigenvalue weighted by atomic mass is 19.1. The summed E-state index contributed by atoms with van der Waals surface area (Å²) in [5.41, 5.74) is 0.761.